The molecule has 1 fully saturated rings. The lowest BCUT2D eigenvalue weighted by atomic mass is 9.64. The van der Waals surface area contributed by atoms with Crippen molar-refractivity contribution in [3.05, 3.63) is 58.9 Å². The van der Waals surface area contributed by atoms with Crippen molar-refractivity contribution >= 4 is 0 Å². The molecule has 2 aromatic carbocycles. The van der Waals surface area contributed by atoms with Crippen LogP contribution in [0.2, 0.25) is 0 Å². The molecular formula is C24H26F4. The van der Waals surface area contributed by atoms with Crippen LogP contribution in [0.3, 0.4) is 0 Å². The lowest BCUT2D eigenvalue weighted by Crippen LogP contribution is -2.28. The van der Waals surface area contributed by atoms with Crippen molar-refractivity contribution < 1.29 is 17.6 Å². The number of benzene rings is 2. The van der Waals surface area contributed by atoms with Crippen LogP contribution in [0.5, 0.6) is 0 Å². The normalized spacial score (nSPS) is 24.5. The minimum Gasteiger partial charge on any atom is -0.206 e. The topological polar surface area (TPSA) is 0 Å². The van der Waals surface area contributed by atoms with Gasteiger partial charge in [0, 0.05) is 5.56 Å². The van der Waals surface area contributed by atoms with Crippen molar-refractivity contribution in [2.24, 2.45) is 11.8 Å². The van der Waals surface area contributed by atoms with E-state index in [2.05, 4.69) is 6.92 Å². The molecule has 0 radical (unpaired) electrons. The van der Waals surface area contributed by atoms with Crippen molar-refractivity contribution in [2.75, 3.05) is 0 Å². The first-order valence-electron chi connectivity index (χ1n) is 10.4. The van der Waals surface area contributed by atoms with Gasteiger partial charge in [0.2, 0.25) is 0 Å². The third-order valence-corrected chi connectivity index (χ3v) is 6.76. The minimum absolute atomic E-state index is 0.244. The van der Waals surface area contributed by atoms with Crippen LogP contribution in [-0.4, -0.2) is 0 Å². The summed E-state index contributed by atoms with van der Waals surface area (Å²) in [5, 5.41) is 0. The number of fused-ring (bicyclic) bond motifs is 3. The average molecular weight is 390 g/mol. The fraction of sp³-hybridized carbons (Fsp3) is 0.500. The van der Waals surface area contributed by atoms with E-state index < -0.39 is 11.7 Å². The van der Waals surface area contributed by atoms with Crippen molar-refractivity contribution in [1.29, 1.82) is 0 Å². The first-order valence-corrected chi connectivity index (χ1v) is 10.4. The summed E-state index contributed by atoms with van der Waals surface area (Å²) < 4.78 is 53.7. The largest absolute Gasteiger partial charge is 0.416 e. The highest BCUT2D eigenvalue weighted by Crippen LogP contribution is 2.49. The Balaban J connectivity index is 1.61. The molecular weight excluding hydrogens is 364 g/mol. The monoisotopic (exact) mass is 390 g/mol. The molecule has 0 amide bonds. The van der Waals surface area contributed by atoms with Crippen LogP contribution in [0.25, 0.3) is 11.1 Å². The first kappa shape index (κ1) is 19.5. The van der Waals surface area contributed by atoms with Gasteiger partial charge in [-0.05, 0) is 78.7 Å². The van der Waals surface area contributed by atoms with Gasteiger partial charge in [-0.1, -0.05) is 44.0 Å². The van der Waals surface area contributed by atoms with E-state index in [1.807, 2.05) is 6.07 Å². The molecule has 0 N–H and O–H groups in total. The van der Waals surface area contributed by atoms with Gasteiger partial charge < -0.3 is 0 Å². The third-order valence-electron chi connectivity index (χ3n) is 6.76. The zero-order valence-corrected chi connectivity index (χ0v) is 16.2. The van der Waals surface area contributed by atoms with Gasteiger partial charge in [0.15, 0.2) is 0 Å². The molecule has 2 aromatic rings. The maximum Gasteiger partial charge on any atom is 0.416 e. The van der Waals surface area contributed by atoms with Crippen LogP contribution >= 0.6 is 0 Å². The summed E-state index contributed by atoms with van der Waals surface area (Å²) in [4.78, 5) is 0. The van der Waals surface area contributed by atoms with E-state index >= 15 is 4.39 Å². The Morgan fingerprint density at radius 2 is 1.71 bits per heavy atom. The molecule has 0 spiro atoms. The molecule has 3 atom stereocenters. The van der Waals surface area contributed by atoms with E-state index in [-0.39, 0.29) is 5.82 Å². The molecule has 0 nitrogen and oxygen atoms in total. The van der Waals surface area contributed by atoms with Crippen LogP contribution in [-0.2, 0) is 12.6 Å². The van der Waals surface area contributed by atoms with Gasteiger partial charge in [-0.25, -0.2) is 4.39 Å². The molecule has 0 saturated heterocycles. The standard InChI is InChI=1S/C24H26F4/c1-2-3-15-4-10-19-17(14-15)7-11-22-21(19)13-12-20(23(22)25)16-5-8-18(9-6-16)24(26,27)28/h5-6,8-9,12-13,15,17,19H,2-4,7,10-11,14H2,1H3. The Hall–Kier alpha value is -1.84. The summed E-state index contributed by atoms with van der Waals surface area (Å²) >= 11 is 0. The van der Waals surface area contributed by atoms with Gasteiger partial charge in [0.1, 0.15) is 5.82 Å². The highest BCUT2D eigenvalue weighted by Gasteiger charge is 2.36. The Labute approximate surface area is 164 Å². The van der Waals surface area contributed by atoms with Crippen molar-refractivity contribution in [2.45, 2.75) is 64.0 Å². The Bertz CT molecular complexity index is 835. The second-order valence-corrected chi connectivity index (χ2v) is 8.44. The number of hydrogen-bond acceptors (Lipinski definition) is 0. The number of halogens is 4. The molecule has 2 aliphatic carbocycles. The van der Waals surface area contributed by atoms with Gasteiger partial charge in [-0.15, -0.1) is 0 Å². The third kappa shape index (κ3) is 3.58. The molecule has 0 aliphatic heterocycles. The van der Waals surface area contributed by atoms with Crippen LogP contribution in [0.1, 0.15) is 68.1 Å². The molecule has 0 heterocycles. The van der Waals surface area contributed by atoms with E-state index in [1.165, 1.54) is 37.8 Å². The van der Waals surface area contributed by atoms with Crippen LogP contribution in [0.15, 0.2) is 36.4 Å². The summed E-state index contributed by atoms with van der Waals surface area (Å²) in [6.45, 7) is 2.24. The second kappa shape index (κ2) is 7.53. The molecule has 3 unspecified atom stereocenters. The maximum absolute atomic E-state index is 15.3. The Morgan fingerprint density at radius 3 is 2.39 bits per heavy atom. The lowest BCUT2D eigenvalue weighted by Gasteiger charge is -2.41. The predicted octanol–water partition coefficient (Wildman–Crippen LogP) is 7.76. The van der Waals surface area contributed by atoms with Crippen molar-refractivity contribution in [3.63, 3.8) is 0 Å². The SMILES string of the molecule is CCCC1CCC2c3ccc(-c4ccc(C(F)(F)F)cc4)c(F)c3CCC2C1. The van der Waals surface area contributed by atoms with Crippen LogP contribution in [0.4, 0.5) is 17.6 Å². The van der Waals surface area contributed by atoms with Gasteiger partial charge in [0.05, 0.1) is 5.56 Å². The van der Waals surface area contributed by atoms with E-state index in [1.54, 1.807) is 6.07 Å². The van der Waals surface area contributed by atoms with E-state index in [4.69, 9.17) is 0 Å². The Morgan fingerprint density at radius 1 is 0.964 bits per heavy atom. The summed E-state index contributed by atoms with van der Waals surface area (Å²) in [7, 11) is 0. The summed E-state index contributed by atoms with van der Waals surface area (Å²) in [5.74, 6) is 1.65. The van der Waals surface area contributed by atoms with Crippen molar-refractivity contribution in [3.8, 4) is 11.1 Å². The number of alkyl halides is 3. The van der Waals surface area contributed by atoms with Crippen LogP contribution in [0, 0.1) is 17.7 Å². The molecule has 2 aliphatic rings. The highest BCUT2D eigenvalue weighted by molar-refractivity contribution is 5.67. The fourth-order valence-electron chi connectivity index (χ4n) is 5.39. The lowest BCUT2D eigenvalue weighted by molar-refractivity contribution is -0.137. The maximum atomic E-state index is 15.3. The molecule has 4 rings (SSSR count). The molecule has 28 heavy (non-hydrogen) atoms. The average Bonchev–Trinajstić information content (AvgIpc) is 2.67. The second-order valence-electron chi connectivity index (χ2n) is 8.44. The summed E-state index contributed by atoms with van der Waals surface area (Å²) in [6, 6.07) is 8.59. The number of rotatable bonds is 3. The molecule has 0 bridgehead atoms. The zero-order valence-electron chi connectivity index (χ0n) is 16.2. The summed E-state index contributed by atoms with van der Waals surface area (Å²) in [6.07, 6.45) is 3.48. The Kier molecular flexibility index (Phi) is 5.24. The van der Waals surface area contributed by atoms with E-state index in [0.29, 0.717) is 23.0 Å². The minimum atomic E-state index is -4.38. The van der Waals surface area contributed by atoms with Gasteiger partial charge in [0.25, 0.3) is 0 Å². The van der Waals surface area contributed by atoms with Gasteiger partial charge in [-0.3, -0.25) is 0 Å². The number of hydrogen-bond donors (Lipinski definition) is 0. The van der Waals surface area contributed by atoms with Crippen LogP contribution < -0.4 is 0 Å². The summed E-state index contributed by atoms with van der Waals surface area (Å²) in [5.41, 5.74) is 2.13. The van der Waals surface area contributed by atoms with E-state index in [0.717, 1.165) is 48.4 Å². The molecule has 0 aromatic heterocycles. The fourth-order valence-corrected chi connectivity index (χ4v) is 5.39. The first-order chi connectivity index (χ1) is 13.4. The predicted molar refractivity (Wildman–Crippen MR) is 104 cm³/mol. The van der Waals surface area contributed by atoms with Crippen molar-refractivity contribution in [1.82, 2.24) is 0 Å². The zero-order chi connectivity index (χ0) is 19.9. The molecule has 150 valence electrons. The molecule has 1 saturated carbocycles. The smallest absolute Gasteiger partial charge is 0.206 e. The highest BCUT2D eigenvalue weighted by atomic mass is 19.4. The van der Waals surface area contributed by atoms with E-state index in [9.17, 15) is 13.2 Å². The quantitative estimate of drug-likeness (QED) is 0.470. The molecule has 4 heteroatoms. The van der Waals surface area contributed by atoms with Gasteiger partial charge >= 0.3 is 6.18 Å². The van der Waals surface area contributed by atoms with Gasteiger partial charge in [-0.2, -0.15) is 13.2 Å².